The van der Waals surface area contributed by atoms with E-state index < -0.39 is 5.60 Å². The lowest BCUT2D eigenvalue weighted by atomic mass is 10.0. The van der Waals surface area contributed by atoms with Crippen LogP contribution in [0.1, 0.15) is 40.0 Å². The number of rotatable bonds is 4. The molecule has 0 amide bonds. The van der Waals surface area contributed by atoms with Crippen LogP contribution in [0.15, 0.2) is 0 Å². The van der Waals surface area contributed by atoms with E-state index in [2.05, 4.69) is 10.2 Å². The summed E-state index contributed by atoms with van der Waals surface area (Å²) in [5, 5.41) is 3.39. The Labute approximate surface area is 122 Å². The molecule has 0 spiro atoms. The molecule has 0 aromatic carbocycles. The highest BCUT2D eigenvalue weighted by molar-refractivity contribution is 5.72. The van der Waals surface area contributed by atoms with Gasteiger partial charge in [-0.05, 0) is 46.6 Å². The van der Waals surface area contributed by atoms with Gasteiger partial charge >= 0.3 is 5.97 Å². The van der Waals surface area contributed by atoms with Gasteiger partial charge < -0.3 is 14.8 Å². The van der Waals surface area contributed by atoms with E-state index in [-0.39, 0.29) is 5.97 Å². The van der Waals surface area contributed by atoms with Crippen molar-refractivity contribution < 1.29 is 14.3 Å². The quantitative estimate of drug-likeness (QED) is 0.785. The van der Waals surface area contributed by atoms with Crippen LogP contribution < -0.4 is 5.32 Å². The molecule has 1 N–H and O–H groups in total. The van der Waals surface area contributed by atoms with Crippen molar-refractivity contribution in [1.29, 1.82) is 0 Å². The number of nitrogens with zero attached hydrogens (tertiary/aromatic N) is 1. The monoisotopic (exact) mass is 284 g/mol. The maximum absolute atomic E-state index is 12.2. The molecule has 2 aliphatic heterocycles. The van der Waals surface area contributed by atoms with Gasteiger partial charge in [-0.2, -0.15) is 0 Å². The van der Waals surface area contributed by atoms with Gasteiger partial charge in [-0.15, -0.1) is 0 Å². The van der Waals surface area contributed by atoms with Crippen molar-refractivity contribution in [3.63, 3.8) is 0 Å². The van der Waals surface area contributed by atoms with E-state index in [9.17, 15) is 4.79 Å². The van der Waals surface area contributed by atoms with E-state index in [0.29, 0.717) is 18.6 Å². The van der Waals surface area contributed by atoms with E-state index in [4.69, 9.17) is 9.47 Å². The average molecular weight is 284 g/mol. The molecule has 5 heteroatoms. The minimum atomic E-state index is -0.410. The summed E-state index contributed by atoms with van der Waals surface area (Å²) in [7, 11) is 0. The SMILES string of the molecule is CC(C)(C)OC(=O)CN(C1CCOCC1)[C@@H]1CCNC1. The summed E-state index contributed by atoms with van der Waals surface area (Å²) in [6, 6.07) is 0.895. The van der Waals surface area contributed by atoms with Crippen LogP contribution in [0.2, 0.25) is 0 Å². The van der Waals surface area contributed by atoms with Crippen LogP contribution in [0.25, 0.3) is 0 Å². The molecule has 0 aromatic rings. The predicted octanol–water partition coefficient (Wildman–Crippen LogP) is 1.17. The van der Waals surface area contributed by atoms with Crippen molar-refractivity contribution in [1.82, 2.24) is 10.2 Å². The van der Waals surface area contributed by atoms with E-state index in [0.717, 1.165) is 45.6 Å². The van der Waals surface area contributed by atoms with Gasteiger partial charge in [0, 0.05) is 31.8 Å². The van der Waals surface area contributed by atoms with Crippen molar-refractivity contribution in [2.24, 2.45) is 0 Å². The molecule has 116 valence electrons. The predicted molar refractivity (Wildman–Crippen MR) is 77.7 cm³/mol. The van der Waals surface area contributed by atoms with E-state index in [1.807, 2.05) is 20.8 Å². The summed E-state index contributed by atoms with van der Waals surface area (Å²) in [5.41, 5.74) is -0.410. The highest BCUT2D eigenvalue weighted by Gasteiger charge is 2.32. The molecule has 1 atom stereocenters. The molecule has 0 radical (unpaired) electrons. The second kappa shape index (κ2) is 6.87. The van der Waals surface area contributed by atoms with Crippen molar-refractivity contribution in [2.75, 3.05) is 32.8 Å². The zero-order valence-electron chi connectivity index (χ0n) is 13.0. The van der Waals surface area contributed by atoms with Gasteiger partial charge in [-0.3, -0.25) is 9.69 Å². The summed E-state index contributed by atoms with van der Waals surface area (Å²) < 4.78 is 10.9. The first-order valence-electron chi connectivity index (χ1n) is 7.72. The molecule has 2 saturated heterocycles. The fourth-order valence-corrected chi connectivity index (χ4v) is 3.02. The molecule has 20 heavy (non-hydrogen) atoms. The number of hydrogen-bond acceptors (Lipinski definition) is 5. The molecular formula is C15H28N2O3. The van der Waals surface area contributed by atoms with Gasteiger partial charge in [0.15, 0.2) is 0 Å². The fourth-order valence-electron chi connectivity index (χ4n) is 3.02. The molecule has 0 aliphatic carbocycles. The normalized spacial score (nSPS) is 25.1. The molecule has 2 aliphatic rings. The Hall–Kier alpha value is -0.650. The highest BCUT2D eigenvalue weighted by atomic mass is 16.6. The van der Waals surface area contributed by atoms with Crippen LogP contribution in [0.5, 0.6) is 0 Å². The number of carbonyl (C=O) groups excluding carboxylic acids is 1. The lowest BCUT2D eigenvalue weighted by molar-refractivity contribution is -0.158. The second-order valence-corrected chi connectivity index (χ2v) is 6.75. The van der Waals surface area contributed by atoms with E-state index in [1.165, 1.54) is 0 Å². The van der Waals surface area contributed by atoms with Gasteiger partial charge in [-0.25, -0.2) is 0 Å². The Balaban J connectivity index is 1.96. The number of carbonyl (C=O) groups is 1. The maximum atomic E-state index is 12.2. The van der Waals surface area contributed by atoms with Crippen LogP contribution in [-0.2, 0) is 14.3 Å². The number of esters is 1. The summed E-state index contributed by atoms with van der Waals surface area (Å²) in [4.78, 5) is 14.5. The average Bonchev–Trinajstić information content (AvgIpc) is 2.88. The Morgan fingerprint density at radius 1 is 1.25 bits per heavy atom. The minimum Gasteiger partial charge on any atom is -0.459 e. The molecule has 2 fully saturated rings. The molecule has 2 rings (SSSR count). The minimum absolute atomic E-state index is 0.115. The summed E-state index contributed by atoms with van der Waals surface area (Å²) in [5.74, 6) is -0.115. The molecule has 5 nitrogen and oxygen atoms in total. The van der Waals surface area contributed by atoms with Gasteiger partial charge in [0.1, 0.15) is 5.60 Å². The maximum Gasteiger partial charge on any atom is 0.320 e. The van der Waals surface area contributed by atoms with E-state index >= 15 is 0 Å². The largest absolute Gasteiger partial charge is 0.459 e. The van der Waals surface area contributed by atoms with Crippen molar-refractivity contribution in [3.8, 4) is 0 Å². The third-order valence-electron chi connectivity index (χ3n) is 3.89. The van der Waals surface area contributed by atoms with Gasteiger partial charge in [0.2, 0.25) is 0 Å². The Bertz CT molecular complexity index is 316. The number of ether oxygens (including phenoxy) is 2. The molecule has 0 aromatic heterocycles. The second-order valence-electron chi connectivity index (χ2n) is 6.75. The van der Waals surface area contributed by atoms with Crippen LogP contribution in [0, 0.1) is 0 Å². The third kappa shape index (κ3) is 4.72. The Kier molecular flexibility index (Phi) is 5.41. The van der Waals surface area contributed by atoms with Crippen molar-refractivity contribution >= 4 is 5.97 Å². The van der Waals surface area contributed by atoms with Gasteiger partial charge in [0.05, 0.1) is 6.54 Å². The third-order valence-corrected chi connectivity index (χ3v) is 3.89. The fraction of sp³-hybridized carbons (Fsp3) is 0.933. The first-order chi connectivity index (χ1) is 9.46. The molecular weight excluding hydrogens is 256 g/mol. The number of hydrogen-bond donors (Lipinski definition) is 1. The smallest absolute Gasteiger partial charge is 0.320 e. The molecule has 0 unspecified atom stereocenters. The van der Waals surface area contributed by atoms with Crippen LogP contribution in [0.3, 0.4) is 0 Å². The zero-order valence-corrected chi connectivity index (χ0v) is 13.0. The Morgan fingerprint density at radius 2 is 1.95 bits per heavy atom. The lowest BCUT2D eigenvalue weighted by Crippen LogP contribution is -2.50. The molecule has 0 bridgehead atoms. The van der Waals surface area contributed by atoms with Crippen molar-refractivity contribution in [3.05, 3.63) is 0 Å². The lowest BCUT2D eigenvalue weighted by Gasteiger charge is -2.38. The number of nitrogens with one attached hydrogen (secondary N) is 1. The van der Waals surface area contributed by atoms with Crippen LogP contribution in [0.4, 0.5) is 0 Å². The summed E-state index contributed by atoms with van der Waals surface area (Å²) in [6.45, 7) is 9.76. The first kappa shape index (κ1) is 15.7. The highest BCUT2D eigenvalue weighted by Crippen LogP contribution is 2.21. The summed E-state index contributed by atoms with van der Waals surface area (Å²) in [6.07, 6.45) is 3.14. The molecule has 2 heterocycles. The Morgan fingerprint density at radius 3 is 2.50 bits per heavy atom. The zero-order chi connectivity index (χ0) is 14.6. The standard InChI is InChI=1S/C15H28N2O3/c1-15(2,3)20-14(18)11-17(13-4-7-16-10-13)12-5-8-19-9-6-12/h12-13,16H,4-11H2,1-3H3/t13-/m1/s1. The van der Waals surface area contributed by atoms with Crippen molar-refractivity contribution in [2.45, 2.75) is 57.7 Å². The van der Waals surface area contributed by atoms with E-state index in [1.54, 1.807) is 0 Å². The first-order valence-corrected chi connectivity index (χ1v) is 7.72. The topological polar surface area (TPSA) is 50.8 Å². The molecule has 0 saturated carbocycles. The van der Waals surface area contributed by atoms with Crippen LogP contribution >= 0.6 is 0 Å². The van der Waals surface area contributed by atoms with Gasteiger partial charge in [-0.1, -0.05) is 0 Å². The van der Waals surface area contributed by atoms with Crippen LogP contribution in [-0.4, -0.2) is 61.4 Å². The summed E-state index contributed by atoms with van der Waals surface area (Å²) >= 11 is 0. The van der Waals surface area contributed by atoms with Gasteiger partial charge in [0.25, 0.3) is 0 Å².